The predicted molar refractivity (Wildman–Crippen MR) is 77.0 cm³/mol. The van der Waals surface area contributed by atoms with E-state index in [-0.39, 0.29) is 0 Å². The Hall–Kier alpha value is -0.350. The van der Waals surface area contributed by atoms with E-state index in [0.29, 0.717) is 4.34 Å². The molecule has 0 aliphatic rings. The van der Waals surface area contributed by atoms with Crippen LogP contribution in [0.1, 0.15) is 27.7 Å². The SMILES string of the molecule is Cc1cccc(C(O)c2cc(Br)c(Cl)s2)c1C. The quantitative estimate of drug-likeness (QED) is 0.833. The molecule has 1 aromatic carbocycles. The van der Waals surface area contributed by atoms with Gasteiger partial charge in [-0.1, -0.05) is 29.8 Å². The summed E-state index contributed by atoms with van der Waals surface area (Å²) in [6.07, 6.45) is -0.608. The molecule has 0 aliphatic carbocycles. The van der Waals surface area contributed by atoms with Crippen LogP contribution >= 0.6 is 38.9 Å². The molecule has 1 atom stereocenters. The minimum atomic E-state index is -0.608. The maximum Gasteiger partial charge on any atom is 0.114 e. The first kappa shape index (κ1) is 13.1. The van der Waals surface area contributed by atoms with E-state index in [1.165, 1.54) is 16.9 Å². The fourth-order valence-corrected chi connectivity index (χ4v) is 3.46. The highest BCUT2D eigenvalue weighted by Crippen LogP contribution is 2.38. The molecule has 0 spiro atoms. The minimum Gasteiger partial charge on any atom is -0.383 e. The molecule has 4 heteroatoms. The number of aliphatic hydroxyl groups excluding tert-OH is 1. The van der Waals surface area contributed by atoms with E-state index in [1.54, 1.807) is 0 Å². The maximum atomic E-state index is 10.4. The van der Waals surface area contributed by atoms with Crippen molar-refractivity contribution in [2.45, 2.75) is 20.0 Å². The summed E-state index contributed by atoms with van der Waals surface area (Å²) in [5, 5.41) is 10.4. The Balaban J connectivity index is 2.43. The number of thiophene rings is 1. The lowest BCUT2D eigenvalue weighted by Gasteiger charge is -2.13. The Kier molecular flexibility index (Phi) is 3.93. The summed E-state index contributed by atoms with van der Waals surface area (Å²) in [4.78, 5) is 0.857. The Labute approximate surface area is 118 Å². The van der Waals surface area contributed by atoms with Crippen molar-refractivity contribution in [1.82, 2.24) is 0 Å². The molecule has 1 aromatic heterocycles. The molecule has 0 bridgehead atoms. The van der Waals surface area contributed by atoms with Crippen molar-refractivity contribution in [1.29, 1.82) is 0 Å². The highest BCUT2D eigenvalue weighted by atomic mass is 79.9. The monoisotopic (exact) mass is 330 g/mol. The number of hydrogen-bond acceptors (Lipinski definition) is 2. The summed E-state index contributed by atoms with van der Waals surface area (Å²) in [6.45, 7) is 4.07. The van der Waals surface area contributed by atoms with Gasteiger partial charge in [0.05, 0.1) is 0 Å². The Morgan fingerprint density at radius 1 is 1.35 bits per heavy atom. The number of aryl methyl sites for hydroxylation is 1. The van der Waals surface area contributed by atoms with Gasteiger partial charge in [0.15, 0.2) is 0 Å². The van der Waals surface area contributed by atoms with Crippen molar-refractivity contribution in [3.63, 3.8) is 0 Å². The number of rotatable bonds is 2. The lowest BCUT2D eigenvalue weighted by atomic mass is 9.98. The first-order valence-electron chi connectivity index (χ1n) is 5.19. The van der Waals surface area contributed by atoms with Crippen molar-refractivity contribution in [3.05, 3.63) is 54.6 Å². The van der Waals surface area contributed by atoms with Gasteiger partial charge in [-0.25, -0.2) is 0 Å². The molecule has 0 saturated carbocycles. The summed E-state index contributed by atoms with van der Waals surface area (Å²) in [6, 6.07) is 7.84. The minimum absolute atomic E-state index is 0.608. The molecule has 0 saturated heterocycles. The van der Waals surface area contributed by atoms with Crippen molar-refractivity contribution in [3.8, 4) is 0 Å². The van der Waals surface area contributed by atoms with Crippen LogP contribution < -0.4 is 0 Å². The average Bonchev–Trinajstić information content (AvgIpc) is 2.62. The zero-order valence-corrected chi connectivity index (χ0v) is 12.7. The number of hydrogen-bond donors (Lipinski definition) is 1. The van der Waals surface area contributed by atoms with Crippen LogP contribution in [-0.2, 0) is 0 Å². The molecular weight excluding hydrogens is 320 g/mol. The number of aliphatic hydroxyl groups is 1. The Morgan fingerprint density at radius 3 is 2.65 bits per heavy atom. The molecule has 1 heterocycles. The molecule has 0 amide bonds. The molecule has 0 fully saturated rings. The topological polar surface area (TPSA) is 20.2 Å². The molecule has 17 heavy (non-hydrogen) atoms. The highest BCUT2D eigenvalue weighted by Gasteiger charge is 2.17. The van der Waals surface area contributed by atoms with Crippen LogP contribution in [0.3, 0.4) is 0 Å². The van der Waals surface area contributed by atoms with Crippen molar-refractivity contribution >= 4 is 38.9 Å². The first-order chi connectivity index (χ1) is 8.00. The van der Waals surface area contributed by atoms with Gasteiger partial charge in [0.1, 0.15) is 10.4 Å². The second-order valence-corrected chi connectivity index (χ2v) is 6.50. The maximum absolute atomic E-state index is 10.4. The normalized spacial score (nSPS) is 12.8. The van der Waals surface area contributed by atoms with Gasteiger partial charge in [0, 0.05) is 9.35 Å². The molecule has 2 aromatic rings. The second kappa shape index (κ2) is 5.11. The van der Waals surface area contributed by atoms with Gasteiger partial charge < -0.3 is 5.11 Å². The van der Waals surface area contributed by atoms with Gasteiger partial charge in [0.25, 0.3) is 0 Å². The van der Waals surface area contributed by atoms with Crippen LogP contribution in [0, 0.1) is 13.8 Å². The molecular formula is C13H12BrClOS. The fraction of sp³-hybridized carbons (Fsp3) is 0.231. The molecule has 0 radical (unpaired) electrons. The molecule has 1 unspecified atom stereocenters. The number of halogens is 2. The van der Waals surface area contributed by atoms with Crippen LogP contribution in [0.2, 0.25) is 4.34 Å². The van der Waals surface area contributed by atoms with Gasteiger partial charge in [-0.05, 0) is 52.5 Å². The summed E-state index contributed by atoms with van der Waals surface area (Å²) in [5.74, 6) is 0. The Morgan fingerprint density at radius 2 is 2.06 bits per heavy atom. The average molecular weight is 332 g/mol. The van der Waals surface area contributed by atoms with E-state index < -0.39 is 6.10 Å². The largest absolute Gasteiger partial charge is 0.383 e. The highest BCUT2D eigenvalue weighted by molar-refractivity contribution is 9.10. The van der Waals surface area contributed by atoms with Gasteiger partial charge in [-0.3, -0.25) is 0 Å². The van der Waals surface area contributed by atoms with E-state index in [9.17, 15) is 5.11 Å². The third-order valence-corrected chi connectivity index (χ3v) is 5.40. The van der Waals surface area contributed by atoms with Crippen LogP contribution in [-0.4, -0.2) is 5.11 Å². The van der Waals surface area contributed by atoms with Crippen molar-refractivity contribution in [2.24, 2.45) is 0 Å². The first-order valence-corrected chi connectivity index (χ1v) is 7.18. The molecule has 0 aliphatic heterocycles. The van der Waals surface area contributed by atoms with E-state index in [2.05, 4.69) is 15.9 Å². The Bertz CT molecular complexity index is 531. The van der Waals surface area contributed by atoms with Gasteiger partial charge in [-0.2, -0.15) is 0 Å². The number of benzene rings is 1. The summed E-state index contributed by atoms with van der Waals surface area (Å²) >= 11 is 10.8. The second-order valence-electron chi connectivity index (χ2n) is 3.96. The zero-order valence-electron chi connectivity index (χ0n) is 9.50. The van der Waals surface area contributed by atoms with Crippen LogP contribution in [0.4, 0.5) is 0 Å². The molecule has 90 valence electrons. The predicted octanol–water partition coefficient (Wildman–Crippen LogP) is 4.86. The standard InChI is InChI=1S/C13H12BrClOS/c1-7-4-3-5-9(8(7)2)12(16)11-6-10(14)13(15)17-11/h3-6,12,16H,1-2H3. The lowest BCUT2D eigenvalue weighted by Crippen LogP contribution is -2.00. The van der Waals surface area contributed by atoms with Gasteiger partial charge in [0.2, 0.25) is 0 Å². The van der Waals surface area contributed by atoms with Gasteiger partial charge in [-0.15, -0.1) is 11.3 Å². The van der Waals surface area contributed by atoms with E-state index in [4.69, 9.17) is 11.6 Å². The van der Waals surface area contributed by atoms with Crippen molar-refractivity contribution < 1.29 is 5.11 Å². The van der Waals surface area contributed by atoms with Crippen LogP contribution in [0.25, 0.3) is 0 Å². The third-order valence-electron chi connectivity index (χ3n) is 2.87. The smallest absolute Gasteiger partial charge is 0.114 e. The van der Waals surface area contributed by atoms with Gasteiger partial charge >= 0.3 is 0 Å². The third kappa shape index (κ3) is 2.58. The van der Waals surface area contributed by atoms with Crippen LogP contribution in [0.5, 0.6) is 0 Å². The van der Waals surface area contributed by atoms with Crippen LogP contribution in [0.15, 0.2) is 28.7 Å². The summed E-state index contributed by atoms with van der Waals surface area (Å²) in [5.41, 5.74) is 3.25. The van der Waals surface area contributed by atoms with E-state index in [1.807, 2.05) is 38.1 Å². The van der Waals surface area contributed by atoms with Crippen molar-refractivity contribution in [2.75, 3.05) is 0 Å². The molecule has 2 rings (SSSR count). The lowest BCUT2D eigenvalue weighted by molar-refractivity contribution is 0.223. The molecule has 1 N–H and O–H groups in total. The summed E-state index contributed by atoms with van der Waals surface area (Å²) < 4.78 is 1.51. The van der Waals surface area contributed by atoms with E-state index in [0.717, 1.165) is 20.5 Å². The zero-order chi connectivity index (χ0) is 12.6. The fourth-order valence-electron chi connectivity index (χ4n) is 1.72. The molecule has 1 nitrogen and oxygen atoms in total. The summed E-state index contributed by atoms with van der Waals surface area (Å²) in [7, 11) is 0. The van der Waals surface area contributed by atoms with E-state index >= 15 is 0 Å².